The monoisotopic (exact) mass is 240 g/mol. The molecule has 4 heteroatoms. The van der Waals surface area contributed by atoms with Gasteiger partial charge in [0.2, 0.25) is 0 Å². The van der Waals surface area contributed by atoms with Crippen LogP contribution in [0.15, 0.2) is 29.5 Å². The van der Waals surface area contributed by atoms with Crippen molar-refractivity contribution in [2.75, 3.05) is 7.05 Å². The molecule has 0 spiro atoms. The molecule has 0 saturated carbocycles. The summed E-state index contributed by atoms with van der Waals surface area (Å²) < 4.78 is 13.5. The Bertz CT molecular complexity index is 415. The summed E-state index contributed by atoms with van der Waals surface area (Å²) in [5.41, 5.74) is 2.23. The lowest BCUT2D eigenvalue weighted by Gasteiger charge is -2.09. The average Bonchev–Trinajstić information content (AvgIpc) is 2.28. The molecule has 16 heavy (non-hydrogen) atoms. The van der Waals surface area contributed by atoms with Crippen LogP contribution in [0.2, 0.25) is 0 Å². The van der Waals surface area contributed by atoms with Crippen LogP contribution in [0.5, 0.6) is 0 Å². The summed E-state index contributed by atoms with van der Waals surface area (Å²) in [5.74, 6) is -0.0994. The average molecular weight is 241 g/mol. The summed E-state index contributed by atoms with van der Waals surface area (Å²) in [4.78, 5) is 0. The van der Waals surface area contributed by atoms with E-state index >= 15 is 0 Å². The third-order valence-corrected chi connectivity index (χ3v) is 2.54. The fourth-order valence-electron chi connectivity index (χ4n) is 1.30. The van der Waals surface area contributed by atoms with E-state index in [2.05, 4.69) is 11.8 Å². The van der Waals surface area contributed by atoms with E-state index in [-0.39, 0.29) is 11.7 Å². The van der Waals surface area contributed by atoms with E-state index in [0.717, 1.165) is 11.1 Å². The lowest BCUT2D eigenvalue weighted by atomic mass is 10.1. The molecular formula is C12H14ClFN2. The third-order valence-electron chi connectivity index (χ3n) is 2.26. The van der Waals surface area contributed by atoms with Crippen molar-refractivity contribution in [1.29, 1.82) is 0 Å². The Balaban J connectivity index is 3.01. The summed E-state index contributed by atoms with van der Waals surface area (Å²) in [6.07, 6.45) is 1.78. The molecular weight excluding hydrogens is 227 g/mol. The maximum absolute atomic E-state index is 13.5. The number of hydrogen-bond donors (Lipinski definition) is 0. The van der Waals surface area contributed by atoms with Crippen LogP contribution in [0.3, 0.4) is 0 Å². The zero-order valence-electron chi connectivity index (χ0n) is 9.37. The molecule has 1 rings (SSSR count). The normalized spacial score (nSPS) is 11.4. The molecule has 0 bridgehead atoms. The lowest BCUT2D eigenvalue weighted by Crippen LogP contribution is -2.00. The van der Waals surface area contributed by atoms with Gasteiger partial charge in [-0.05, 0) is 24.1 Å². The molecule has 0 saturated heterocycles. The SMILES string of the molecule is C=NN(C)/C=C(\C)c1ccc(CCl)c(F)c1. The van der Waals surface area contributed by atoms with Crippen LogP contribution < -0.4 is 0 Å². The summed E-state index contributed by atoms with van der Waals surface area (Å²) in [6.45, 7) is 5.28. The molecule has 0 aliphatic rings. The topological polar surface area (TPSA) is 15.6 Å². The number of halogens is 2. The Morgan fingerprint density at radius 1 is 1.62 bits per heavy atom. The van der Waals surface area contributed by atoms with Gasteiger partial charge in [-0.15, -0.1) is 11.6 Å². The highest BCUT2D eigenvalue weighted by molar-refractivity contribution is 6.17. The van der Waals surface area contributed by atoms with Crippen molar-refractivity contribution < 1.29 is 4.39 Å². The minimum absolute atomic E-state index is 0.184. The Morgan fingerprint density at radius 3 is 2.81 bits per heavy atom. The van der Waals surface area contributed by atoms with Gasteiger partial charge in [-0.1, -0.05) is 12.1 Å². The van der Waals surface area contributed by atoms with Crippen LogP contribution in [0, 0.1) is 5.82 Å². The Hall–Kier alpha value is -1.35. The highest BCUT2D eigenvalue weighted by Gasteiger charge is 2.04. The molecule has 0 N–H and O–H groups in total. The van der Waals surface area contributed by atoms with Gasteiger partial charge in [0.05, 0.1) is 5.88 Å². The first kappa shape index (κ1) is 12.7. The first-order valence-electron chi connectivity index (χ1n) is 4.81. The van der Waals surface area contributed by atoms with Crippen LogP contribution in [-0.4, -0.2) is 18.8 Å². The molecule has 0 fully saturated rings. The van der Waals surface area contributed by atoms with Crippen molar-refractivity contribution in [2.45, 2.75) is 12.8 Å². The van der Waals surface area contributed by atoms with Crippen molar-refractivity contribution in [2.24, 2.45) is 5.10 Å². The summed E-state index contributed by atoms with van der Waals surface area (Å²) in [5, 5.41) is 5.27. The van der Waals surface area contributed by atoms with E-state index in [9.17, 15) is 4.39 Å². The molecule has 0 unspecified atom stereocenters. The number of hydrogen-bond acceptors (Lipinski definition) is 2. The van der Waals surface area contributed by atoms with Crippen molar-refractivity contribution in [3.63, 3.8) is 0 Å². The predicted molar refractivity (Wildman–Crippen MR) is 66.9 cm³/mol. The quantitative estimate of drug-likeness (QED) is 0.447. The van der Waals surface area contributed by atoms with Crippen molar-refractivity contribution in [3.05, 3.63) is 41.3 Å². The van der Waals surface area contributed by atoms with Gasteiger partial charge in [-0.2, -0.15) is 5.10 Å². The molecule has 0 atom stereocenters. The zero-order chi connectivity index (χ0) is 12.1. The number of hydrazone groups is 1. The van der Waals surface area contributed by atoms with Crippen LogP contribution in [0.1, 0.15) is 18.1 Å². The molecule has 86 valence electrons. The van der Waals surface area contributed by atoms with Crippen LogP contribution in [0.25, 0.3) is 5.57 Å². The van der Waals surface area contributed by atoms with E-state index in [1.165, 1.54) is 6.07 Å². The molecule has 1 aromatic rings. The van der Waals surface area contributed by atoms with Crippen molar-refractivity contribution >= 4 is 23.9 Å². The predicted octanol–water partition coefficient (Wildman–Crippen LogP) is 3.47. The first-order chi connectivity index (χ1) is 7.58. The highest BCUT2D eigenvalue weighted by Crippen LogP contribution is 2.19. The summed E-state index contributed by atoms with van der Waals surface area (Å²) in [6, 6.07) is 5.00. The maximum atomic E-state index is 13.5. The molecule has 1 aromatic carbocycles. The van der Waals surface area contributed by atoms with Gasteiger partial charge < -0.3 is 0 Å². The van der Waals surface area contributed by atoms with E-state index in [4.69, 9.17) is 11.6 Å². The van der Waals surface area contributed by atoms with Crippen LogP contribution in [-0.2, 0) is 5.88 Å². The second-order valence-corrected chi connectivity index (χ2v) is 3.73. The van der Waals surface area contributed by atoms with Gasteiger partial charge in [0, 0.05) is 25.5 Å². The summed E-state index contributed by atoms with van der Waals surface area (Å²) >= 11 is 5.58. The summed E-state index contributed by atoms with van der Waals surface area (Å²) in [7, 11) is 1.76. The second-order valence-electron chi connectivity index (χ2n) is 3.47. The molecule has 0 radical (unpaired) electrons. The third kappa shape index (κ3) is 3.07. The van der Waals surface area contributed by atoms with Crippen LogP contribution in [0.4, 0.5) is 4.39 Å². The van der Waals surface area contributed by atoms with E-state index in [0.29, 0.717) is 5.56 Å². The molecule has 2 nitrogen and oxygen atoms in total. The lowest BCUT2D eigenvalue weighted by molar-refractivity contribution is 0.496. The number of allylic oxidation sites excluding steroid dienone is 1. The number of benzene rings is 1. The van der Waals surface area contributed by atoms with Gasteiger partial charge in [0.15, 0.2) is 0 Å². The Labute approximate surface area is 100 Å². The Kier molecular flexibility index (Phi) is 4.50. The molecule has 0 aliphatic carbocycles. The largest absolute Gasteiger partial charge is 0.276 e. The number of nitrogens with zero attached hydrogens (tertiary/aromatic N) is 2. The highest BCUT2D eigenvalue weighted by atomic mass is 35.5. The molecule has 0 aromatic heterocycles. The molecule has 0 heterocycles. The smallest absolute Gasteiger partial charge is 0.128 e. The van der Waals surface area contributed by atoms with Gasteiger partial charge in [-0.25, -0.2) is 4.39 Å². The van der Waals surface area contributed by atoms with Crippen molar-refractivity contribution in [1.82, 2.24) is 5.01 Å². The van der Waals surface area contributed by atoms with Crippen molar-refractivity contribution in [3.8, 4) is 0 Å². The molecule has 0 aliphatic heterocycles. The first-order valence-corrected chi connectivity index (χ1v) is 5.34. The van der Waals surface area contributed by atoms with Gasteiger partial charge in [0.1, 0.15) is 5.82 Å². The van der Waals surface area contributed by atoms with E-state index < -0.39 is 0 Å². The van der Waals surface area contributed by atoms with Crippen LogP contribution >= 0.6 is 11.6 Å². The number of alkyl halides is 1. The minimum atomic E-state index is -0.283. The minimum Gasteiger partial charge on any atom is -0.276 e. The zero-order valence-corrected chi connectivity index (χ0v) is 10.1. The fraction of sp³-hybridized carbons (Fsp3) is 0.250. The maximum Gasteiger partial charge on any atom is 0.128 e. The van der Waals surface area contributed by atoms with E-state index in [1.54, 1.807) is 24.3 Å². The second kappa shape index (κ2) is 5.66. The Morgan fingerprint density at radius 2 is 2.31 bits per heavy atom. The van der Waals surface area contributed by atoms with Gasteiger partial charge >= 0.3 is 0 Å². The van der Waals surface area contributed by atoms with E-state index in [1.807, 2.05) is 13.0 Å². The standard InChI is InChI=1S/C12H14ClFN2/c1-9(8-16(3)15-2)10-4-5-11(7-13)12(14)6-10/h4-6,8H,2,7H2,1,3H3/b9-8+. The van der Waals surface area contributed by atoms with Gasteiger partial charge in [-0.3, -0.25) is 5.01 Å². The fourth-order valence-corrected chi connectivity index (χ4v) is 1.51. The van der Waals surface area contributed by atoms with Gasteiger partial charge in [0.25, 0.3) is 0 Å². The number of rotatable bonds is 4. The molecule has 0 amide bonds.